The average molecular weight is 517 g/mol. The summed E-state index contributed by atoms with van der Waals surface area (Å²) in [6, 6.07) is 0. The minimum atomic E-state index is 0.869. The van der Waals surface area contributed by atoms with Gasteiger partial charge in [0.2, 0.25) is 0 Å². The second-order valence-corrected chi connectivity index (χ2v) is 15.1. The number of hydrogen-bond acceptors (Lipinski definition) is 0. The van der Waals surface area contributed by atoms with Crippen LogP contribution >= 0.6 is 0 Å². The highest BCUT2D eigenvalue weighted by atomic mass is 14.5. The molecule has 8 bridgehead atoms. The summed E-state index contributed by atoms with van der Waals surface area (Å²) in [6.45, 7) is 17.0. The highest BCUT2D eigenvalue weighted by Gasteiger charge is 2.43. The first kappa shape index (κ1) is 28.5. The van der Waals surface area contributed by atoms with Crippen LogP contribution < -0.4 is 0 Å². The van der Waals surface area contributed by atoms with Crippen molar-refractivity contribution in [2.24, 2.45) is 71.0 Å². The van der Waals surface area contributed by atoms with Crippen LogP contribution in [0.15, 0.2) is 48.6 Å². The van der Waals surface area contributed by atoms with Crippen molar-refractivity contribution in [3.63, 3.8) is 0 Å². The molecule has 8 rings (SSSR count). The lowest BCUT2D eigenvalue weighted by molar-refractivity contribution is 0.297. The maximum Gasteiger partial charge on any atom is -0.0200 e. The van der Waals surface area contributed by atoms with Gasteiger partial charge >= 0.3 is 0 Å². The van der Waals surface area contributed by atoms with Crippen LogP contribution in [0.1, 0.15) is 118 Å². The third-order valence-corrected chi connectivity index (χ3v) is 12.9. The smallest absolute Gasteiger partial charge is 0.0200 e. The zero-order chi connectivity index (χ0) is 26.8. The van der Waals surface area contributed by atoms with E-state index in [2.05, 4.69) is 65.2 Å². The van der Waals surface area contributed by atoms with Crippen LogP contribution in [0.5, 0.6) is 0 Å². The van der Waals surface area contributed by atoms with Crippen molar-refractivity contribution >= 4 is 0 Å². The van der Waals surface area contributed by atoms with E-state index < -0.39 is 0 Å². The van der Waals surface area contributed by atoms with Crippen LogP contribution in [-0.2, 0) is 0 Å². The lowest BCUT2D eigenvalue weighted by atomic mass is 9.82. The molecule has 0 aliphatic heterocycles. The van der Waals surface area contributed by atoms with Crippen molar-refractivity contribution in [2.45, 2.75) is 118 Å². The quantitative estimate of drug-likeness (QED) is 0.320. The molecule has 0 saturated heterocycles. The van der Waals surface area contributed by atoms with E-state index in [0.717, 1.165) is 71.0 Å². The second-order valence-electron chi connectivity index (χ2n) is 15.1. The molecule has 0 aromatic rings. The van der Waals surface area contributed by atoms with Crippen LogP contribution in [-0.4, -0.2) is 0 Å². The molecule has 0 nitrogen and oxygen atoms in total. The van der Waals surface area contributed by atoms with Crippen molar-refractivity contribution in [3.8, 4) is 0 Å². The molecule has 12 atom stereocenters. The first-order valence-electron chi connectivity index (χ1n) is 17.0. The molecule has 0 heteroatoms. The predicted molar refractivity (Wildman–Crippen MR) is 166 cm³/mol. The maximum absolute atomic E-state index is 3.90. The Balaban J connectivity index is 0.000000103. The van der Waals surface area contributed by atoms with Crippen LogP contribution in [0.3, 0.4) is 0 Å². The van der Waals surface area contributed by atoms with Gasteiger partial charge in [0.05, 0.1) is 0 Å². The van der Waals surface area contributed by atoms with E-state index in [9.17, 15) is 0 Å². The third-order valence-electron chi connectivity index (χ3n) is 12.9. The minimum Gasteiger partial charge on any atom is -0.103 e. The van der Waals surface area contributed by atoms with Gasteiger partial charge in [-0.1, -0.05) is 49.3 Å². The van der Waals surface area contributed by atoms with E-state index in [1.54, 1.807) is 11.1 Å². The summed E-state index contributed by atoms with van der Waals surface area (Å²) in [5.74, 6) is 12.0. The molecule has 8 saturated carbocycles. The third kappa shape index (κ3) is 6.15. The predicted octanol–water partition coefficient (Wildman–Crippen LogP) is 11.2. The molecule has 12 unspecified atom stereocenters. The first-order valence-corrected chi connectivity index (χ1v) is 17.0. The molecule has 0 aromatic carbocycles. The Hall–Kier alpha value is -1.04. The monoisotopic (exact) mass is 516 g/mol. The molecular weight excluding hydrogens is 456 g/mol. The molecule has 8 aliphatic carbocycles. The van der Waals surface area contributed by atoms with Crippen molar-refractivity contribution in [1.29, 1.82) is 0 Å². The molecule has 8 aliphatic rings. The van der Waals surface area contributed by atoms with Gasteiger partial charge in [0, 0.05) is 0 Å². The summed E-state index contributed by atoms with van der Waals surface area (Å²) in [5, 5.41) is 0. The molecule has 0 aromatic heterocycles. The zero-order valence-electron chi connectivity index (χ0n) is 25.6. The lowest BCUT2D eigenvalue weighted by Gasteiger charge is -2.23. The van der Waals surface area contributed by atoms with Gasteiger partial charge in [-0.2, -0.15) is 0 Å². The fourth-order valence-corrected chi connectivity index (χ4v) is 11.0. The fraction of sp³-hybridized carbons (Fsp3) is 0.789. The van der Waals surface area contributed by atoms with E-state index >= 15 is 0 Å². The Morgan fingerprint density at radius 1 is 0.526 bits per heavy atom. The van der Waals surface area contributed by atoms with Gasteiger partial charge in [0.15, 0.2) is 0 Å². The summed E-state index contributed by atoms with van der Waals surface area (Å²) < 4.78 is 0. The standard InChI is InChI=1S/2C10H16.2C9H14/c2*1-3-9-5-8-4-7(2)10(9)6-8;2*1-2-8-5-7-3-4-9(8)6-7/h2*3,7-10H,1,4-6H2,2H3;2*2,7,9H,3-6H2,1H3/b;;8-2+;8-2-. The number of rotatable bonds is 2. The highest BCUT2D eigenvalue weighted by molar-refractivity contribution is 5.16. The molecule has 38 heavy (non-hydrogen) atoms. The summed E-state index contributed by atoms with van der Waals surface area (Å²) in [6.07, 6.45) is 29.8. The van der Waals surface area contributed by atoms with Gasteiger partial charge in [-0.15, -0.1) is 13.2 Å². The Morgan fingerprint density at radius 2 is 0.947 bits per heavy atom. The summed E-state index contributed by atoms with van der Waals surface area (Å²) >= 11 is 0. The average Bonchev–Trinajstić information content (AvgIpc) is 3.78. The van der Waals surface area contributed by atoms with Crippen LogP contribution in [0.4, 0.5) is 0 Å². The number of fused-ring (bicyclic) bond motifs is 8. The molecule has 0 amide bonds. The highest BCUT2D eigenvalue weighted by Crippen LogP contribution is 2.53. The summed E-state index contributed by atoms with van der Waals surface area (Å²) in [4.78, 5) is 0. The topological polar surface area (TPSA) is 0 Å². The maximum atomic E-state index is 3.90. The molecule has 0 N–H and O–H groups in total. The largest absolute Gasteiger partial charge is 0.103 e. The van der Waals surface area contributed by atoms with Gasteiger partial charge in [0.25, 0.3) is 0 Å². The van der Waals surface area contributed by atoms with Gasteiger partial charge < -0.3 is 0 Å². The second kappa shape index (κ2) is 12.6. The summed E-state index contributed by atoms with van der Waals surface area (Å²) in [7, 11) is 0. The van der Waals surface area contributed by atoms with Crippen molar-refractivity contribution in [3.05, 3.63) is 48.6 Å². The van der Waals surface area contributed by atoms with E-state index in [4.69, 9.17) is 0 Å². The Kier molecular flexibility index (Phi) is 9.48. The molecule has 212 valence electrons. The van der Waals surface area contributed by atoms with Crippen LogP contribution in [0.25, 0.3) is 0 Å². The first-order chi connectivity index (χ1) is 18.4. The van der Waals surface area contributed by atoms with Gasteiger partial charge in [-0.05, 0) is 175 Å². The lowest BCUT2D eigenvalue weighted by Crippen LogP contribution is -2.15. The van der Waals surface area contributed by atoms with Crippen LogP contribution in [0.2, 0.25) is 0 Å². The number of hydrogen-bond donors (Lipinski definition) is 0. The van der Waals surface area contributed by atoms with Crippen molar-refractivity contribution in [2.75, 3.05) is 0 Å². The molecule has 0 spiro atoms. The van der Waals surface area contributed by atoms with Crippen LogP contribution in [0, 0.1) is 71.0 Å². The number of allylic oxidation sites excluding steroid dienone is 6. The van der Waals surface area contributed by atoms with E-state index in [1.165, 1.54) is 89.9 Å². The minimum absolute atomic E-state index is 0.869. The molecule has 8 fully saturated rings. The van der Waals surface area contributed by atoms with E-state index in [1.807, 2.05) is 0 Å². The van der Waals surface area contributed by atoms with Gasteiger partial charge in [-0.3, -0.25) is 0 Å². The Bertz CT molecular complexity index is 800. The summed E-state index contributed by atoms with van der Waals surface area (Å²) in [5.41, 5.74) is 3.51. The van der Waals surface area contributed by atoms with Crippen molar-refractivity contribution in [1.82, 2.24) is 0 Å². The Labute approximate surface area is 236 Å². The van der Waals surface area contributed by atoms with Gasteiger partial charge in [0.1, 0.15) is 0 Å². The normalized spacial score (nSPS) is 48.4. The van der Waals surface area contributed by atoms with E-state index in [-0.39, 0.29) is 0 Å². The zero-order valence-corrected chi connectivity index (χ0v) is 25.6. The van der Waals surface area contributed by atoms with Crippen molar-refractivity contribution < 1.29 is 0 Å². The van der Waals surface area contributed by atoms with E-state index in [0.29, 0.717) is 0 Å². The SMILES string of the molecule is C/C=C1/CC2CCC1C2.C/C=C1\CC2CCC1C2.C=CC1CC2CC(C)C1C2.C=CC1CC2CC(C)C1C2. The Morgan fingerprint density at radius 3 is 1.13 bits per heavy atom. The molecular formula is C38H60. The molecule has 0 radical (unpaired) electrons. The van der Waals surface area contributed by atoms with Gasteiger partial charge in [-0.25, -0.2) is 0 Å². The fourth-order valence-electron chi connectivity index (χ4n) is 11.0. The molecule has 0 heterocycles.